The van der Waals surface area contributed by atoms with Crippen LogP contribution in [0.2, 0.25) is 5.15 Å². The Bertz CT molecular complexity index is 947. The van der Waals surface area contributed by atoms with E-state index in [0.717, 1.165) is 60.1 Å². The molecular weight excluding hydrogens is 348 g/mol. The van der Waals surface area contributed by atoms with E-state index in [1.54, 1.807) is 4.68 Å². The highest BCUT2D eigenvalue weighted by atomic mass is 35.5. The number of aryl methyl sites for hydroxylation is 2. The Morgan fingerprint density at radius 2 is 2.00 bits per heavy atom. The number of halogens is 1. The average Bonchev–Trinajstić information content (AvgIpc) is 2.88. The van der Waals surface area contributed by atoms with Gasteiger partial charge >= 0.3 is 0 Å². The summed E-state index contributed by atoms with van der Waals surface area (Å²) in [5.41, 5.74) is 11.9. The summed E-state index contributed by atoms with van der Waals surface area (Å²) in [6, 6.07) is 7.67. The Hall–Kier alpha value is -2.44. The molecule has 1 aromatic carbocycles. The third-order valence-electron chi connectivity index (χ3n) is 4.83. The van der Waals surface area contributed by atoms with Gasteiger partial charge in [0.25, 0.3) is 0 Å². The smallest absolute Gasteiger partial charge is 0.159 e. The molecule has 134 valence electrons. The van der Waals surface area contributed by atoms with Gasteiger partial charge in [-0.15, -0.1) is 0 Å². The molecule has 0 aliphatic carbocycles. The zero-order valence-corrected chi connectivity index (χ0v) is 15.7. The predicted octanol–water partition coefficient (Wildman–Crippen LogP) is 2.98. The van der Waals surface area contributed by atoms with Crippen molar-refractivity contribution >= 4 is 17.3 Å². The summed E-state index contributed by atoms with van der Waals surface area (Å²) in [6.07, 6.45) is 2.84. The first kappa shape index (κ1) is 17.0. The van der Waals surface area contributed by atoms with Gasteiger partial charge in [-0.05, 0) is 31.2 Å². The Balaban J connectivity index is 1.53. The van der Waals surface area contributed by atoms with Crippen molar-refractivity contribution in [1.29, 1.82) is 0 Å². The zero-order valence-electron chi connectivity index (χ0n) is 14.9. The van der Waals surface area contributed by atoms with Gasteiger partial charge in [0.2, 0.25) is 0 Å². The summed E-state index contributed by atoms with van der Waals surface area (Å²) in [7, 11) is 1.87. The van der Waals surface area contributed by atoms with Crippen molar-refractivity contribution < 1.29 is 0 Å². The van der Waals surface area contributed by atoms with Crippen LogP contribution in [0.1, 0.15) is 22.5 Å². The zero-order chi connectivity index (χ0) is 18.3. The van der Waals surface area contributed by atoms with Gasteiger partial charge in [0.05, 0.1) is 11.4 Å². The molecule has 0 bridgehead atoms. The Kier molecular flexibility index (Phi) is 4.38. The largest absolute Gasteiger partial charge is 0.399 e. The molecule has 0 fully saturated rings. The maximum atomic E-state index is 6.37. The topological polar surface area (TPSA) is 72.9 Å². The number of rotatable bonds is 3. The summed E-state index contributed by atoms with van der Waals surface area (Å²) in [4.78, 5) is 11.7. The molecule has 0 spiro atoms. The van der Waals surface area contributed by atoms with E-state index in [2.05, 4.69) is 15.0 Å². The lowest BCUT2D eigenvalue weighted by atomic mass is 10.1. The third-order valence-corrected chi connectivity index (χ3v) is 5.31. The minimum atomic E-state index is 0.711. The quantitative estimate of drug-likeness (QED) is 0.719. The van der Waals surface area contributed by atoms with Gasteiger partial charge in [-0.2, -0.15) is 5.10 Å². The highest BCUT2D eigenvalue weighted by molar-refractivity contribution is 6.30. The van der Waals surface area contributed by atoms with Crippen LogP contribution in [-0.4, -0.2) is 31.2 Å². The molecule has 3 heterocycles. The first-order valence-electron chi connectivity index (χ1n) is 8.62. The summed E-state index contributed by atoms with van der Waals surface area (Å²) in [5, 5.41) is 5.11. The third kappa shape index (κ3) is 3.18. The molecular formula is C19H21ClN6. The molecule has 7 heteroatoms. The molecule has 4 rings (SSSR count). The minimum Gasteiger partial charge on any atom is -0.399 e. The Morgan fingerprint density at radius 3 is 2.69 bits per heavy atom. The van der Waals surface area contributed by atoms with Crippen LogP contribution in [0.4, 0.5) is 5.69 Å². The van der Waals surface area contributed by atoms with Gasteiger partial charge in [0.1, 0.15) is 5.15 Å². The van der Waals surface area contributed by atoms with Crippen molar-refractivity contribution in [3.05, 3.63) is 58.1 Å². The highest BCUT2D eigenvalue weighted by Gasteiger charge is 2.21. The van der Waals surface area contributed by atoms with E-state index >= 15 is 0 Å². The summed E-state index contributed by atoms with van der Waals surface area (Å²) >= 11 is 6.37. The molecule has 1 aliphatic rings. The molecule has 0 amide bonds. The first-order chi connectivity index (χ1) is 12.5. The van der Waals surface area contributed by atoms with E-state index in [1.165, 1.54) is 5.56 Å². The SMILES string of the molecule is Cc1nn(C)c(Cl)c1CN1CCc2nc(-c3ccc(N)cc3)ncc2C1. The van der Waals surface area contributed by atoms with E-state index < -0.39 is 0 Å². The van der Waals surface area contributed by atoms with E-state index in [9.17, 15) is 0 Å². The molecule has 3 aromatic rings. The van der Waals surface area contributed by atoms with Crippen LogP contribution in [0, 0.1) is 6.92 Å². The van der Waals surface area contributed by atoms with E-state index in [0.29, 0.717) is 5.15 Å². The van der Waals surface area contributed by atoms with Crippen LogP contribution in [0.25, 0.3) is 11.4 Å². The number of aromatic nitrogens is 4. The Labute approximate surface area is 157 Å². The molecule has 0 atom stereocenters. The molecule has 0 saturated heterocycles. The van der Waals surface area contributed by atoms with E-state index in [4.69, 9.17) is 22.3 Å². The van der Waals surface area contributed by atoms with Crippen LogP contribution < -0.4 is 5.73 Å². The highest BCUT2D eigenvalue weighted by Crippen LogP contribution is 2.25. The number of nitrogens with two attached hydrogens (primary N) is 1. The number of benzene rings is 1. The van der Waals surface area contributed by atoms with Crippen LogP contribution in [0.5, 0.6) is 0 Å². The molecule has 0 radical (unpaired) electrons. The monoisotopic (exact) mass is 368 g/mol. The van der Waals surface area contributed by atoms with Gasteiger partial charge in [0.15, 0.2) is 5.82 Å². The maximum Gasteiger partial charge on any atom is 0.159 e. The van der Waals surface area contributed by atoms with Gasteiger partial charge in [-0.1, -0.05) is 11.6 Å². The van der Waals surface area contributed by atoms with E-state index in [1.807, 2.05) is 44.4 Å². The van der Waals surface area contributed by atoms with Gasteiger partial charge in [0, 0.05) is 61.7 Å². The van der Waals surface area contributed by atoms with Crippen molar-refractivity contribution in [2.45, 2.75) is 26.4 Å². The number of anilines is 1. The van der Waals surface area contributed by atoms with Crippen molar-refractivity contribution in [2.24, 2.45) is 7.05 Å². The number of nitrogen functional groups attached to an aromatic ring is 1. The molecule has 0 unspecified atom stereocenters. The summed E-state index contributed by atoms with van der Waals surface area (Å²) in [5.74, 6) is 0.753. The molecule has 26 heavy (non-hydrogen) atoms. The molecule has 6 nitrogen and oxygen atoms in total. The predicted molar refractivity (Wildman–Crippen MR) is 103 cm³/mol. The Morgan fingerprint density at radius 1 is 1.23 bits per heavy atom. The lowest BCUT2D eigenvalue weighted by Crippen LogP contribution is -2.31. The normalized spacial score (nSPS) is 14.4. The van der Waals surface area contributed by atoms with Crippen LogP contribution >= 0.6 is 11.6 Å². The lowest BCUT2D eigenvalue weighted by Gasteiger charge is -2.28. The molecule has 0 saturated carbocycles. The van der Waals surface area contributed by atoms with Crippen LogP contribution in [-0.2, 0) is 26.6 Å². The standard InChI is InChI=1S/C19H21ClN6/c1-12-16(18(20)25(2)24-12)11-26-8-7-17-14(10-26)9-22-19(23-17)13-3-5-15(21)6-4-13/h3-6,9H,7-8,10-11,21H2,1-2H3. The maximum absolute atomic E-state index is 6.37. The van der Waals surface area contributed by atoms with E-state index in [-0.39, 0.29) is 0 Å². The van der Waals surface area contributed by atoms with Gasteiger partial charge < -0.3 is 5.73 Å². The molecule has 1 aliphatic heterocycles. The number of fused-ring (bicyclic) bond motifs is 1. The fourth-order valence-electron chi connectivity index (χ4n) is 3.36. The minimum absolute atomic E-state index is 0.711. The van der Waals surface area contributed by atoms with Crippen LogP contribution in [0.15, 0.2) is 30.5 Å². The molecule has 2 N–H and O–H groups in total. The number of hydrogen-bond acceptors (Lipinski definition) is 5. The van der Waals surface area contributed by atoms with Crippen molar-refractivity contribution in [2.75, 3.05) is 12.3 Å². The van der Waals surface area contributed by atoms with Gasteiger partial charge in [-0.25, -0.2) is 9.97 Å². The van der Waals surface area contributed by atoms with Crippen LogP contribution in [0.3, 0.4) is 0 Å². The first-order valence-corrected chi connectivity index (χ1v) is 9.00. The molecule has 2 aromatic heterocycles. The fourth-order valence-corrected chi connectivity index (χ4v) is 3.59. The van der Waals surface area contributed by atoms with Gasteiger partial charge in [-0.3, -0.25) is 9.58 Å². The number of hydrogen-bond donors (Lipinski definition) is 1. The summed E-state index contributed by atoms with van der Waals surface area (Å²) in [6.45, 7) is 4.55. The fraction of sp³-hybridized carbons (Fsp3) is 0.316. The average molecular weight is 369 g/mol. The van der Waals surface area contributed by atoms with Crippen molar-refractivity contribution in [1.82, 2.24) is 24.6 Å². The second-order valence-electron chi connectivity index (χ2n) is 6.73. The lowest BCUT2D eigenvalue weighted by molar-refractivity contribution is 0.242. The van der Waals surface area contributed by atoms with Crippen molar-refractivity contribution in [3.63, 3.8) is 0 Å². The summed E-state index contributed by atoms with van der Waals surface area (Å²) < 4.78 is 1.73. The number of nitrogens with zero attached hydrogens (tertiary/aromatic N) is 5. The van der Waals surface area contributed by atoms with Crippen molar-refractivity contribution in [3.8, 4) is 11.4 Å². The second kappa shape index (κ2) is 6.70. The second-order valence-corrected chi connectivity index (χ2v) is 7.08.